The number of rotatable bonds is 4. The molecule has 2 aromatic rings. The molecule has 2 rings (SSSR count). The van der Waals surface area contributed by atoms with Gasteiger partial charge in [-0.1, -0.05) is 0 Å². The van der Waals surface area contributed by atoms with E-state index in [4.69, 9.17) is 0 Å². The zero-order chi connectivity index (χ0) is 14.2. The molecule has 0 bridgehead atoms. The summed E-state index contributed by atoms with van der Waals surface area (Å²) in [5.41, 5.74) is 0.241. The monoisotopic (exact) mass is 283 g/mol. The van der Waals surface area contributed by atoms with Crippen molar-refractivity contribution in [3.63, 3.8) is 0 Å². The summed E-state index contributed by atoms with van der Waals surface area (Å²) in [6.45, 7) is 3.90. The maximum Gasteiger partial charge on any atom is 0.343 e. The topological polar surface area (TPSA) is 106 Å². The number of carboxylic acid groups (broad SMARTS) is 1. The lowest BCUT2D eigenvalue weighted by molar-refractivity contribution is 0.0692. The Hall–Kier alpha value is -2.03. The second-order valence-corrected chi connectivity index (χ2v) is 4.81. The highest BCUT2D eigenvalue weighted by Crippen LogP contribution is 2.29. The second-order valence-electron chi connectivity index (χ2n) is 3.85. The maximum absolute atomic E-state index is 11.5. The Morgan fingerprint density at radius 2 is 2.21 bits per heavy atom. The molecular formula is C10H13N5O3S. The molecule has 0 spiro atoms. The van der Waals surface area contributed by atoms with Crippen LogP contribution in [0.5, 0.6) is 0 Å². The minimum atomic E-state index is -1.05. The van der Waals surface area contributed by atoms with Gasteiger partial charge in [0.25, 0.3) is 0 Å². The predicted molar refractivity (Wildman–Crippen MR) is 67.5 cm³/mol. The molecule has 19 heavy (non-hydrogen) atoms. The van der Waals surface area contributed by atoms with Crippen molar-refractivity contribution in [3.05, 3.63) is 21.7 Å². The van der Waals surface area contributed by atoms with Gasteiger partial charge in [-0.3, -0.25) is 9.25 Å². The van der Waals surface area contributed by atoms with Gasteiger partial charge in [-0.15, -0.1) is 5.10 Å². The molecule has 0 atom stereocenters. The van der Waals surface area contributed by atoms with E-state index < -0.39 is 5.97 Å². The molecular weight excluding hydrogens is 270 g/mol. The zero-order valence-corrected chi connectivity index (χ0v) is 11.5. The van der Waals surface area contributed by atoms with Crippen LogP contribution >= 0.6 is 11.8 Å². The van der Waals surface area contributed by atoms with Crippen LogP contribution in [0.1, 0.15) is 23.0 Å². The van der Waals surface area contributed by atoms with Crippen molar-refractivity contribution in [2.24, 2.45) is 7.05 Å². The Labute approximate surface area is 112 Å². The molecule has 0 fully saturated rings. The number of carboxylic acids is 1. The van der Waals surface area contributed by atoms with Gasteiger partial charge in [0.2, 0.25) is 0 Å². The highest BCUT2D eigenvalue weighted by Gasteiger charge is 2.22. The first-order valence-electron chi connectivity index (χ1n) is 5.55. The molecule has 0 aromatic carbocycles. The highest BCUT2D eigenvalue weighted by molar-refractivity contribution is 7.99. The van der Waals surface area contributed by atoms with Gasteiger partial charge >= 0.3 is 11.7 Å². The van der Waals surface area contributed by atoms with Crippen molar-refractivity contribution in [1.82, 2.24) is 24.5 Å². The number of carbonyl (C=O) groups is 1. The molecule has 8 nitrogen and oxygen atoms in total. The fourth-order valence-corrected chi connectivity index (χ4v) is 2.84. The van der Waals surface area contributed by atoms with Gasteiger partial charge in [0.1, 0.15) is 10.6 Å². The van der Waals surface area contributed by atoms with E-state index in [1.807, 2.05) is 6.92 Å². The van der Waals surface area contributed by atoms with Crippen molar-refractivity contribution >= 4 is 17.7 Å². The smallest absolute Gasteiger partial charge is 0.343 e. The standard InChI is InChI=1S/C10H13N5O3S/c1-4-15-9(18)11-12-10(15)19-7-6(8(16)17)5(2)13-14(7)3/h4H2,1-3H3,(H,11,18)(H,16,17). The molecule has 2 heterocycles. The molecule has 2 aromatic heterocycles. The molecule has 0 aliphatic rings. The van der Waals surface area contributed by atoms with Crippen molar-refractivity contribution in [1.29, 1.82) is 0 Å². The van der Waals surface area contributed by atoms with Crippen LogP contribution < -0.4 is 5.69 Å². The van der Waals surface area contributed by atoms with E-state index in [2.05, 4.69) is 15.3 Å². The Balaban J connectivity index is 2.49. The van der Waals surface area contributed by atoms with Gasteiger partial charge in [-0.05, 0) is 25.6 Å². The Morgan fingerprint density at radius 1 is 1.53 bits per heavy atom. The number of H-pyrrole nitrogens is 1. The maximum atomic E-state index is 11.5. The SMILES string of the molecule is CCn1c(Sc2c(C(=O)O)c(C)nn2C)n[nH]c1=O. The first-order valence-corrected chi connectivity index (χ1v) is 6.37. The van der Waals surface area contributed by atoms with Crippen LogP contribution in [-0.2, 0) is 13.6 Å². The van der Waals surface area contributed by atoms with E-state index in [-0.39, 0.29) is 11.3 Å². The summed E-state index contributed by atoms with van der Waals surface area (Å²) in [6.07, 6.45) is 0. The highest BCUT2D eigenvalue weighted by atomic mass is 32.2. The first-order chi connectivity index (χ1) is 8.95. The second kappa shape index (κ2) is 4.92. The normalized spacial score (nSPS) is 10.9. The predicted octanol–water partition coefficient (Wildman–Crippen LogP) is 0.483. The van der Waals surface area contributed by atoms with E-state index in [9.17, 15) is 14.7 Å². The number of nitrogens with zero attached hydrogens (tertiary/aromatic N) is 4. The molecule has 0 saturated heterocycles. The summed E-state index contributed by atoms with van der Waals surface area (Å²) in [7, 11) is 1.66. The number of hydrogen-bond acceptors (Lipinski definition) is 5. The Morgan fingerprint density at radius 3 is 2.79 bits per heavy atom. The summed E-state index contributed by atoms with van der Waals surface area (Å²) in [5.74, 6) is -1.05. The molecule has 0 aliphatic carbocycles. The van der Waals surface area contributed by atoms with Crippen LogP contribution in [0.15, 0.2) is 15.0 Å². The van der Waals surface area contributed by atoms with Gasteiger partial charge in [0, 0.05) is 13.6 Å². The summed E-state index contributed by atoms with van der Waals surface area (Å²) in [4.78, 5) is 22.7. The van der Waals surface area contributed by atoms with Crippen LogP contribution in [0.2, 0.25) is 0 Å². The van der Waals surface area contributed by atoms with E-state index in [0.29, 0.717) is 22.4 Å². The lowest BCUT2D eigenvalue weighted by atomic mass is 10.3. The minimum Gasteiger partial charge on any atom is -0.478 e. The Bertz CT molecular complexity index is 684. The van der Waals surface area contributed by atoms with Crippen LogP contribution in [0.25, 0.3) is 0 Å². The van der Waals surface area contributed by atoms with Crippen molar-refractivity contribution in [3.8, 4) is 0 Å². The summed E-state index contributed by atoms with van der Waals surface area (Å²) >= 11 is 1.10. The number of aromatic carboxylic acids is 1. The quantitative estimate of drug-likeness (QED) is 0.845. The molecule has 102 valence electrons. The summed E-state index contributed by atoms with van der Waals surface area (Å²) < 4.78 is 2.90. The third-order valence-electron chi connectivity index (χ3n) is 2.61. The van der Waals surface area contributed by atoms with Crippen LogP contribution in [0, 0.1) is 6.92 Å². The van der Waals surface area contributed by atoms with Crippen LogP contribution in [-0.4, -0.2) is 35.6 Å². The van der Waals surface area contributed by atoms with Crippen molar-refractivity contribution < 1.29 is 9.90 Å². The number of nitrogens with one attached hydrogen (secondary N) is 1. The third kappa shape index (κ3) is 2.28. The van der Waals surface area contributed by atoms with E-state index >= 15 is 0 Å². The Kier molecular flexibility index (Phi) is 3.47. The minimum absolute atomic E-state index is 0.130. The fraction of sp³-hybridized carbons (Fsp3) is 0.400. The van der Waals surface area contributed by atoms with Crippen molar-refractivity contribution in [2.45, 2.75) is 30.6 Å². The molecule has 2 N–H and O–H groups in total. The summed E-state index contributed by atoms with van der Waals surface area (Å²) in [6, 6.07) is 0. The lowest BCUT2D eigenvalue weighted by Gasteiger charge is -2.03. The lowest BCUT2D eigenvalue weighted by Crippen LogP contribution is -2.16. The zero-order valence-electron chi connectivity index (χ0n) is 10.7. The van der Waals surface area contributed by atoms with Gasteiger partial charge in [0.15, 0.2) is 5.16 Å². The fourth-order valence-electron chi connectivity index (χ4n) is 1.75. The van der Waals surface area contributed by atoms with E-state index in [0.717, 1.165) is 11.8 Å². The number of aromatic nitrogens is 5. The average molecular weight is 283 g/mol. The van der Waals surface area contributed by atoms with Gasteiger partial charge in [0.05, 0.1) is 5.69 Å². The van der Waals surface area contributed by atoms with Gasteiger partial charge < -0.3 is 5.11 Å². The largest absolute Gasteiger partial charge is 0.478 e. The van der Waals surface area contributed by atoms with E-state index in [1.165, 1.54) is 9.25 Å². The molecule has 0 unspecified atom stereocenters. The molecule has 0 amide bonds. The van der Waals surface area contributed by atoms with E-state index in [1.54, 1.807) is 14.0 Å². The molecule has 9 heteroatoms. The van der Waals surface area contributed by atoms with Crippen LogP contribution in [0.3, 0.4) is 0 Å². The van der Waals surface area contributed by atoms with Gasteiger partial charge in [-0.25, -0.2) is 14.7 Å². The van der Waals surface area contributed by atoms with Crippen LogP contribution in [0.4, 0.5) is 0 Å². The molecule has 0 saturated carbocycles. The number of hydrogen-bond donors (Lipinski definition) is 2. The van der Waals surface area contributed by atoms with Gasteiger partial charge in [-0.2, -0.15) is 5.10 Å². The average Bonchev–Trinajstić information content (AvgIpc) is 2.80. The third-order valence-corrected chi connectivity index (χ3v) is 3.77. The number of aromatic amines is 1. The number of aryl methyl sites for hydroxylation is 2. The molecule has 0 aliphatic heterocycles. The van der Waals surface area contributed by atoms with Crippen molar-refractivity contribution in [2.75, 3.05) is 0 Å². The summed E-state index contributed by atoms with van der Waals surface area (Å²) in [5, 5.41) is 20.4. The molecule has 0 radical (unpaired) electrons. The first kappa shape index (κ1) is 13.4.